The first kappa shape index (κ1) is 34.8. The second kappa shape index (κ2) is 14.7. The van der Waals surface area contributed by atoms with Gasteiger partial charge in [-0.25, -0.2) is 14.5 Å². The van der Waals surface area contributed by atoms with Crippen LogP contribution in [0.1, 0.15) is 36.3 Å². The molecule has 0 aliphatic heterocycles. The molecule has 5 rings (SSSR count). The van der Waals surface area contributed by atoms with E-state index in [0.717, 1.165) is 5.39 Å². The Morgan fingerprint density at radius 1 is 1.02 bits per heavy atom. The largest absolute Gasteiger partial charge is 0.497 e. The van der Waals surface area contributed by atoms with Gasteiger partial charge in [-0.05, 0) is 68.7 Å². The van der Waals surface area contributed by atoms with Gasteiger partial charge in [0.1, 0.15) is 34.7 Å². The number of hydrogen-bond acceptors (Lipinski definition) is 11. The summed E-state index contributed by atoms with van der Waals surface area (Å²) in [6.45, 7) is 4.96. The van der Waals surface area contributed by atoms with Gasteiger partial charge in [0.05, 0.1) is 36.0 Å². The van der Waals surface area contributed by atoms with Crippen LogP contribution in [0.2, 0.25) is 0 Å². The predicted octanol–water partition coefficient (Wildman–Crippen LogP) is 4.19. The summed E-state index contributed by atoms with van der Waals surface area (Å²) in [6, 6.07) is 17.9. The fraction of sp³-hybridized carbons (Fsp3) is 0.265. The van der Waals surface area contributed by atoms with Crippen molar-refractivity contribution in [3.63, 3.8) is 0 Å². The van der Waals surface area contributed by atoms with Crippen LogP contribution in [0.15, 0.2) is 83.9 Å². The van der Waals surface area contributed by atoms with Gasteiger partial charge in [0, 0.05) is 24.2 Å². The van der Waals surface area contributed by atoms with Gasteiger partial charge < -0.3 is 24.7 Å². The lowest BCUT2D eigenvalue weighted by Crippen LogP contribution is -2.36. The van der Waals surface area contributed by atoms with Crippen molar-refractivity contribution >= 4 is 38.7 Å². The highest BCUT2D eigenvalue weighted by molar-refractivity contribution is 7.87. The minimum atomic E-state index is -4.02. The Morgan fingerprint density at radius 3 is 2.43 bits per heavy atom. The molecule has 2 aromatic carbocycles. The van der Waals surface area contributed by atoms with E-state index in [1.165, 1.54) is 17.8 Å². The minimum Gasteiger partial charge on any atom is -0.497 e. The van der Waals surface area contributed by atoms with Crippen LogP contribution in [-0.2, 0) is 25.6 Å². The molecular formula is C34H36N6O8S. The summed E-state index contributed by atoms with van der Waals surface area (Å²) in [5.74, 6) is -0.596. The number of para-hydroxylation sites is 1. The number of ether oxygens (including phenoxy) is 2. The average molecular weight is 689 g/mol. The Morgan fingerprint density at radius 2 is 1.76 bits per heavy atom. The molecule has 1 amide bonds. The fourth-order valence-corrected chi connectivity index (χ4v) is 5.73. The predicted molar refractivity (Wildman–Crippen MR) is 183 cm³/mol. The molecule has 15 heteroatoms. The normalized spacial score (nSPS) is 12.7. The number of methoxy groups -OCH3 is 1. The van der Waals surface area contributed by atoms with Gasteiger partial charge in [-0.15, -0.1) is 0 Å². The van der Waals surface area contributed by atoms with Gasteiger partial charge in [0.15, 0.2) is 0 Å². The first-order chi connectivity index (χ1) is 23.4. The van der Waals surface area contributed by atoms with E-state index >= 15 is 0 Å². The summed E-state index contributed by atoms with van der Waals surface area (Å²) in [5, 5.41) is 3.47. The molecule has 3 heterocycles. The van der Waals surface area contributed by atoms with Gasteiger partial charge in [0.25, 0.3) is 11.5 Å². The third-order valence-electron chi connectivity index (χ3n) is 7.75. The number of pyridine rings is 2. The van der Waals surface area contributed by atoms with Crippen LogP contribution in [0.3, 0.4) is 0 Å². The van der Waals surface area contributed by atoms with Crippen LogP contribution < -0.4 is 26.1 Å². The molecule has 0 radical (unpaired) electrons. The Hall–Kier alpha value is -5.54. The minimum absolute atomic E-state index is 0.0576. The second-order valence-corrected chi connectivity index (χ2v) is 13.2. The summed E-state index contributed by atoms with van der Waals surface area (Å²) >= 11 is 0. The van der Waals surface area contributed by atoms with Crippen molar-refractivity contribution < 1.29 is 31.7 Å². The van der Waals surface area contributed by atoms with Crippen LogP contribution in [0.4, 0.5) is 5.82 Å². The van der Waals surface area contributed by atoms with E-state index in [1.54, 1.807) is 86.4 Å². The van der Waals surface area contributed by atoms with E-state index < -0.39 is 33.6 Å². The zero-order valence-corrected chi connectivity index (χ0v) is 28.1. The molecule has 49 heavy (non-hydrogen) atoms. The molecule has 0 aliphatic rings. The van der Waals surface area contributed by atoms with E-state index in [-0.39, 0.29) is 36.0 Å². The van der Waals surface area contributed by atoms with E-state index in [2.05, 4.69) is 19.5 Å². The number of carbonyl (C=O) groups excluding carboxylic acids is 2. The first-order valence-corrected chi connectivity index (χ1v) is 17.0. The van der Waals surface area contributed by atoms with Crippen LogP contribution in [0.5, 0.6) is 17.2 Å². The third-order valence-corrected chi connectivity index (χ3v) is 8.87. The number of aromatic nitrogens is 4. The number of nitrogens with two attached hydrogens (primary N) is 1. The number of carbonyl (C=O) groups is 2. The quantitative estimate of drug-likeness (QED) is 0.169. The van der Waals surface area contributed by atoms with Gasteiger partial charge in [0.2, 0.25) is 0 Å². The van der Waals surface area contributed by atoms with Crippen LogP contribution in [-0.4, -0.2) is 58.5 Å². The zero-order chi connectivity index (χ0) is 35.3. The molecule has 3 N–H and O–H groups in total. The van der Waals surface area contributed by atoms with E-state index in [0.29, 0.717) is 34.1 Å². The molecule has 0 saturated heterocycles. The lowest BCUT2D eigenvalue weighted by Gasteiger charge is -2.20. The number of fused-ring (bicyclic) bond motifs is 1. The highest BCUT2D eigenvalue weighted by atomic mass is 32.2. The van der Waals surface area contributed by atoms with Gasteiger partial charge in [-0.1, -0.05) is 25.1 Å². The van der Waals surface area contributed by atoms with E-state index in [4.69, 9.17) is 15.2 Å². The van der Waals surface area contributed by atoms with Crippen LogP contribution in [0.25, 0.3) is 16.6 Å². The lowest BCUT2D eigenvalue weighted by atomic mass is 10.0. The number of hydrogen-bond donors (Lipinski definition) is 2. The number of nitrogens with zero attached hydrogens (tertiary/aromatic N) is 4. The number of nitrogens with one attached hydrogen (secondary N) is 1. The topological polar surface area (TPSA) is 187 Å². The third kappa shape index (κ3) is 7.96. The first-order valence-electron chi connectivity index (χ1n) is 15.4. The highest BCUT2D eigenvalue weighted by Gasteiger charge is 2.27. The zero-order valence-electron chi connectivity index (χ0n) is 27.3. The maximum atomic E-state index is 13.8. The van der Waals surface area contributed by atoms with Crippen molar-refractivity contribution in [3.05, 3.63) is 101 Å². The molecule has 0 saturated carbocycles. The molecule has 2 atom stereocenters. The smallest absolute Gasteiger partial charge is 0.338 e. The molecule has 0 spiro atoms. The maximum absolute atomic E-state index is 13.8. The molecule has 0 bridgehead atoms. The van der Waals surface area contributed by atoms with Crippen molar-refractivity contribution in [1.82, 2.24) is 19.3 Å². The Balaban J connectivity index is 1.35. The van der Waals surface area contributed by atoms with Crippen molar-refractivity contribution in [3.8, 4) is 22.9 Å². The number of rotatable bonds is 13. The molecule has 2 unspecified atom stereocenters. The summed E-state index contributed by atoms with van der Waals surface area (Å²) in [4.78, 5) is 48.4. The van der Waals surface area contributed by atoms with Crippen LogP contribution in [0, 0.1) is 12.8 Å². The highest BCUT2D eigenvalue weighted by Crippen LogP contribution is 2.31. The van der Waals surface area contributed by atoms with Gasteiger partial charge in [-0.3, -0.25) is 19.3 Å². The molecule has 256 valence electrons. The SMILES string of the molecule is CCS(=O)(=O)OC(=O)C(N)CC(C)Cn1c(C)c(C(=O)Nc2ccc(Oc3ccnc4cc(OC)ccc34)cn2)c(=O)n1-c1ccccc1. The van der Waals surface area contributed by atoms with Gasteiger partial charge >= 0.3 is 16.1 Å². The average Bonchev–Trinajstić information content (AvgIpc) is 3.33. The monoisotopic (exact) mass is 688 g/mol. The van der Waals surface area contributed by atoms with Crippen LogP contribution >= 0.6 is 0 Å². The van der Waals surface area contributed by atoms with E-state index in [9.17, 15) is 22.8 Å². The van der Waals surface area contributed by atoms with E-state index in [1.807, 2.05) is 12.1 Å². The van der Waals surface area contributed by atoms with Gasteiger partial charge in [-0.2, -0.15) is 8.42 Å². The molecule has 5 aromatic rings. The Kier molecular flexibility index (Phi) is 10.4. The number of anilines is 1. The summed E-state index contributed by atoms with van der Waals surface area (Å²) in [6.07, 6.45) is 3.13. The van der Waals surface area contributed by atoms with Crippen molar-refractivity contribution in [2.45, 2.75) is 39.8 Å². The Bertz CT molecular complexity index is 2150. The molecule has 14 nitrogen and oxygen atoms in total. The maximum Gasteiger partial charge on any atom is 0.338 e. The molecule has 3 aromatic heterocycles. The lowest BCUT2D eigenvalue weighted by molar-refractivity contribution is -0.135. The van der Waals surface area contributed by atoms with Crippen molar-refractivity contribution in [2.75, 3.05) is 18.2 Å². The Labute approximate surface area is 282 Å². The second-order valence-electron chi connectivity index (χ2n) is 11.3. The molecular weight excluding hydrogens is 652 g/mol. The summed E-state index contributed by atoms with van der Waals surface area (Å²) in [7, 11) is -2.44. The fourth-order valence-electron chi connectivity index (χ4n) is 5.24. The summed E-state index contributed by atoms with van der Waals surface area (Å²) < 4.78 is 42.4. The number of benzene rings is 2. The van der Waals surface area contributed by atoms with Crippen molar-refractivity contribution in [1.29, 1.82) is 0 Å². The standard InChI is InChI=1S/C34H36N6O8S/c1-5-49(44,45)48-34(43)27(35)17-21(2)20-39-22(3)31(33(42)40(39)23-9-7-6-8-10-23)32(41)38-30-14-12-25(19-37-30)47-29-15-16-36-28-18-24(46-4)11-13-26(28)29/h6-16,18-19,21,27H,5,17,20,35H2,1-4H3,(H,37,38,41). The van der Waals surface area contributed by atoms with Crippen molar-refractivity contribution in [2.24, 2.45) is 11.7 Å². The molecule has 0 fully saturated rings. The molecule has 0 aliphatic carbocycles. The number of amides is 1. The summed E-state index contributed by atoms with van der Waals surface area (Å²) in [5.41, 5.74) is 6.88.